The number of hydrogen-bond donors (Lipinski definition) is 2. The fourth-order valence-electron chi connectivity index (χ4n) is 2.15. The van der Waals surface area contributed by atoms with Crippen molar-refractivity contribution in [1.82, 2.24) is 5.32 Å². The van der Waals surface area contributed by atoms with Crippen molar-refractivity contribution >= 4 is 11.7 Å². The number of hydrogen-bond acceptors (Lipinski definition) is 3. The number of aryl methyl sites for hydroxylation is 2. The van der Waals surface area contributed by atoms with Crippen molar-refractivity contribution in [2.24, 2.45) is 0 Å². The number of amides is 2. The number of urea groups is 1. The zero-order valence-corrected chi connectivity index (χ0v) is 13.2. The van der Waals surface area contributed by atoms with Gasteiger partial charge < -0.3 is 15.4 Å². The number of anilines is 1. The lowest BCUT2D eigenvalue weighted by Crippen LogP contribution is -2.32. The Morgan fingerprint density at radius 1 is 1.13 bits per heavy atom. The standard InChI is InChI=1S/C18H19N3O2/c1-13-4-3-5-14(2)17(13)23-11-10-20-18(22)21-16-8-6-15(12-19)7-9-16/h3-9H,10-11H2,1-2H3,(H2,20,21,22). The number of para-hydroxylation sites is 1. The molecule has 2 N–H and O–H groups in total. The van der Waals surface area contributed by atoms with E-state index < -0.39 is 0 Å². The topological polar surface area (TPSA) is 74.2 Å². The van der Waals surface area contributed by atoms with E-state index >= 15 is 0 Å². The van der Waals surface area contributed by atoms with Crippen LogP contribution in [0.25, 0.3) is 0 Å². The maximum absolute atomic E-state index is 11.8. The Hall–Kier alpha value is -3.00. The van der Waals surface area contributed by atoms with E-state index in [2.05, 4.69) is 10.6 Å². The second-order valence-corrected chi connectivity index (χ2v) is 5.14. The first-order chi connectivity index (χ1) is 11.1. The summed E-state index contributed by atoms with van der Waals surface area (Å²) in [5.74, 6) is 0.863. The molecule has 0 atom stereocenters. The third-order valence-corrected chi connectivity index (χ3v) is 3.31. The molecule has 0 aliphatic carbocycles. The van der Waals surface area contributed by atoms with Gasteiger partial charge in [-0.25, -0.2) is 4.79 Å². The Bertz CT molecular complexity index is 698. The third-order valence-electron chi connectivity index (χ3n) is 3.31. The molecule has 2 rings (SSSR count). The summed E-state index contributed by atoms with van der Waals surface area (Å²) in [6.07, 6.45) is 0. The first kappa shape index (κ1) is 16.4. The highest BCUT2D eigenvalue weighted by Gasteiger charge is 2.04. The van der Waals surface area contributed by atoms with Gasteiger partial charge in [0.05, 0.1) is 18.2 Å². The summed E-state index contributed by atoms with van der Waals surface area (Å²) in [6.45, 7) is 4.78. The van der Waals surface area contributed by atoms with Crippen LogP contribution in [0.3, 0.4) is 0 Å². The van der Waals surface area contributed by atoms with Crippen molar-refractivity contribution in [3.05, 3.63) is 59.2 Å². The second-order valence-electron chi connectivity index (χ2n) is 5.14. The normalized spacial score (nSPS) is 9.78. The molecular formula is C18H19N3O2. The molecule has 5 heteroatoms. The number of ether oxygens (including phenoxy) is 1. The molecule has 0 saturated carbocycles. The van der Waals surface area contributed by atoms with Gasteiger partial charge in [-0.15, -0.1) is 0 Å². The van der Waals surface area contributed by atoms with Gasteiger partial charge in [-0.3, -0.25) is 0 Å². The molecule has 0 unspecified atom stereocenters. The molecule has 5 nitrogen and oxygen atoms in total. The van der Waals surface area contributed by atoms with E-state index in [9.17, 15) is 4.79 Å². The van der Waals surface area contributed by atoms with Crippen LogP contribution in [0, 0.1) is 25.2 Å². The van der Waals surface area contributed by atoms with Crippen molar-refractivity contribution in [3.8, 4) is 11.8 Å². The van der Waals surface area contributed by atoms with Crippen LogP contribution in [0.15, 0.2) is 42.5 Å². The quantitative estimate of drug-likeness (QED) is 0.832. The van der Waals surface area contributed by atoms with Gasteiger partial charge in [0.1, 0.15) is 12.4 Å². The van der Waals surface area contributed by atoms with Gasteiger partial charge in [0.2, 0.25) is 0 Å². The van der Waals surface area contributed by atoms with Gasteiger partial charge in [-0.2, -0.15) is 5.26 Å². The molecule has 0 spiro atoms. The van der Waals surface area contributed by atoms with Gasteiger partial charge in [0.25, 0.3) is 0 Å². The monoisotopic (exact) mass is 309 g/mol. The summed E-state index contributed by atoms with van der Waals surface area (Å²) in [5.41, 5.74) is 3.34. The number of carbonyl (C=O) groups excluding carboxylic acids is 1. The van der Waals surface area contributed by atoms with Crippen LogP contribution < -0.4 is 15.4 Å². The molecule has 0 aromatic heterocycles. The van der Waals surface area contributed by atoms with Crippen LogP contribution in [0.5, 0.6) is 5.75 Å². The maximum Gasteiger partial charge on any atom is 0.319 e. The van der Waals surface area contributed by atoms with Crippen LogP contribution in [-0.4, -0.2) is 19.2 Å². The summed E-state index contributed by atoms with van der Waals surface area (Å²) < 4.78 is 5.72. The zero-order chi connectivity index (χ0) is 16.7. The second kappa shape index (κ2) is 7.85. The first-order valence-electron chi connectivity index (χ1n) is 7.34. The number of benzene rings is 2. The Labute approximate surface area is 135 Å². The summed E-state index contributed by atoms with van der Waals surface area (Å²) in [5, 5.41) is 14.2. The minimum absolute atomic E-state index is 0.306. The van der Waals surface area contributed by atoms with Gasteiger partial charge >= 0.3 is 6.03 Å². The zero-order valence-electron chi connectivity index (χ0n) is 13.2. The molecular weight excluding hydrogens is 290 g/mol. The van der Waals surface area contributed by atoms with E-state index in [0.717, 1.165) is 16.9 Å². The largest absolute Gasteiger partial charge is 0.491 e. The molecule has 0 saturated heterocycles. The van der Waals surface area contributed by atoms with Crippen molar-refractivity contribution in [2.75, 3.05) is 18.5 Å². The van der Waals surface area contributed by atoms with Gasteiger partial charge in [0, 0.05) is 5.69 Å². The van der Waals surface area contributed by atoms with Crippen molar-refractivity contribution in [2.45, 2.75) is 13.8 Å². The molecule has 2 aromatic carbocycles. The summed E-state index contributed by atoms with van der Waals surface area (Å²) in [7, 11) is 0. The van der Waals surface area contributed by atoms with Crippen LogP contribution in [0.2, 0.25) is 0 Å². The molecule has 0 aliphatic heterocycles. The number of nitrogens with zero attached hydrogens (tertiary/aromatic N) is 1. The molecule has 0 radical (unpaired) electrons. The fourth-order valence-corrected chi connectivity index (χ4v) is 2.15. The SMILES string of the molecule is Cc1cccc(C)c1OCCNC(=O)Nc1ccc(C#N)cc1. The van der Waals surface area contributed by atoms with Crippen LogP contribution in [0.4, 0.5) is 10.5 Å². The highest BCUT2D eigenvalue weighted by Crippen LogP contribution is 2.21. The highest BCUT2D eigenvalue weighted by atomic mass is 16.5. The molecule has 2 amide bonds. The Morgan fingerprint density at radius 3 is 2.39 bits per heavy atom. The van der Waals surface area contributed by atoms with E-state index in [0.29, 0.717) is 24.4 Å². The fraction of sp³-hybridized carbons (Fsp3) is 0.222. The van der Waals surface area contributed by atoms with Crippen LogP contribution in [0.1, 0.15) is 16.7 Å². The maximum atomic E-state index is 11.8. The molecule has 0 fully saturated rings. The van der Waals surface area contributed by atoms with E-state index in [1.165, 1.54) is 0 Å². The predicted molar refractivity (Wildman–Crippen MR) is 89.6 cm³/mol. The van der Waals surface area contributed by atoms with Crippen molar-refractivity contribution in [1.29, 1.82) is 5.26 Å². The smallest absolute Gasteiger partial charge is 0.319 e. The summed E-state index contributed by atoms with van der Waals surface area (Å²) in [6, 6.07) is 14.4. The summed E-state index contributed by atoms with van der Waals surface area (Å²) >= 11 is 0. The van der Waals surface area contributed by atoms with Crippen molar-refractivity contribution < 1.29 is 9.53 Å². The van der Waals surface area contributed by atoms with E-state index in [4.69, 9.17) is 10.00 Å². The average Bonchev–Trinajstić information content (AvgIpc) is 2.54. The first-order valence-corrected chi connectivity index (χ1v) is 7.34. The van der Waals surface area contributed by atoms with Crippen LogP contribution in [-0.2, 0) is 0 Å². The van der Waals surface area contributed by atoms with E-state index in [1.54, 1.807) is 24.3 Å². The Morgan fingerprint density at radius 2 is 1.78 bits per heavy atom. The molecule has 118 valence electrons. The van der Waals surface area contributed by atoms with Gasteiger partial charge in [-0.1, -0.05) is 18.2 Å². The van der Waals surface area contributed by atoms with E-state index in [-0.39, 0.29) is 6.03 Å². The number of rotatable bonds is 5. The molecule has 2 aromatic rings. The van der Waals surface area contributed by atoms with Crippen LogP contribution >= 0.6 is 0 Å². The van der Waals surface area contributed by atoms with Gasteiger partial charge in [-0.05, 0) is 49.2 Å². The third kappa shape index (κ3) is 4.75. The molecule has 23 heavy (non-hydrogen) atoms. The lowest BCUT2D eigenvalue weighted by atomic mass is 10.1. The number of nitriles is 1. The molecule has 0 bridgehead atoms. The minimum Gasteiger partial charge on any atom is -0.491 e. The minimum atomic E-state index is -0.306. The number of nitrogens with one attached hydrogen (secondary N) is 2. The average molecular weight is 309 g/mol. The lowest BCUT2D eigenvalue weighted by Gasteiger charge is -2.12. The lowest BCUT2D eigenvalue weighted by molar-refractivity contribution is 0.247. The van der Waals surface area contributed by atoms with Crippen molar-refractivity contribution in [3.63, 3.8) is 0 Å². The molecule has 0 aliphatic rings. The summed E-state index contributed by atoms with van der Waals surface area (Å²) in [4.78, 5) is 11.8. The highest BCUT2D eigenvalue weighted by molar-refractivity contribution is 5.89. The molecule has 0 heterocycles. The Kier molecular flexibility index (Phi) is 5.59. The number of carbonyl (C=O) groups is 1. The van der Waals surface area contributed by atoms with E-state index in [1.807, 2.05) is 38.1 Å². The predicted octanol–water partition coefficient (Wildman–Crippen LogP) is 3.38. The Balaban J connectivity index is 1.75. The van der Waals surface area contributed by atoms with Gasteiger partial charge in [0.15, 0.2) is 0 Å².